The molecule has 8 nitrogen and oxygen atoms in total. The van der Waals surface area contributed by atoms with E-state index in [1.54, 1.807) is 35.2 Å². The van der Waals surface area contributed by atoms with E-state index in [2.05, 4.69) is 0 Å². The lowest BCUT2D eigenvalue weighted by Crippen LogP contribution is -2.52. The molecular formula is C27H28N2O6. The Balaban J connectivity index is 1.77. The predicted molar refractivity (Wildman–Crippen MR) is 129 cm³/mol. The number of amides is 2. The SMILES string of the molecule is CCCN1C(=O)C2(/C(=C(/O)c3ccc4c(c3)CC(C)O4)C(=O)C(=O)N2CCOC)c2ccccc21. The van der Waals surface area contributed by atoms with E-state index >= 15 is 0 Å². The van der Waals surface area contributed by atoms with Crippen LogP contribution in [0.3, 0.4) is 0 Å². The minimum atomic E-state index is -1.76. The first-order chi connectivity index (χ1) is 16.9. The van der Waals surface area contributed by atoms with E-state index in [4.69, 9.17) is 9.47 Å². The number of Topliss-reactive ketones (excluding diaryl/α,β-unsaturated/α-hetero) is 1. The molecule has 1 spiro atoms. The molecule has 3 aliphatic rings. The van der Waals surface area contributed by atoms with Crippen LogP contribution in [0.4, 0.5) is 5.69 Å². The normalized spacial score (nSPS) is 24.3. The molecule has 2 aromatic carbocycles. The van der Waals surface area contributed by atoms with E-state index in [0.29, 0.717) is 36.2 Å². The highest BCUT2D eigenvalue weighted by molar-refractivity contribution is 6.50. The maximum Gasteiger partial charge on any atom is 0.296 e. The van der Waals surface area contributed by atoms with Crippen LogP contribution < -0.4 is 9.64 Å². The number of likely N-dealkylation sites (tertiary alicyclic amines) is 1. The second-order valence-electron chi connectivity index (χ2n) is 9.14. The van der Waals surface area contributed by atoms with Crippen LogP contribution in [-0.4, -0.2) is 60.5 Å². The number of carbonyl (C=O) groups excluding carboxylic acids is 3. The first kappa shape index (κ1) is 23.1. The van der Waals surface area contributed by atoms with Crippen molar-refractivity contribution < 1.29 is 29.0 Å². The van der Waals surface area contributed by atoms with Crippen LogP contribution in [-0.2, 0) is 31.1 Å². The zero-order chi connectivity index (χ0) is 24.9. The first-order valence-electron chi connectivity index (χ1n) is 11.9. The van der Waals surface area contributed by atoms with Gasteiger partial charge in [-0.2, -0.15) is 0 Å². The van der Waals surface area contributed by atoms with Crippen molar-refractivity contribution in [2.75, 3.05) is 31.7 Å². The van der Waals surface area contributed by atoms with Gasteiger partial charge in [0.2, 0.25) is 0 Å². The Labute approximate surface area is 203 Å². The molecule has 8 heteroatoms. The van der Waals surface area contributed by atoms with Gasteiger partial charge in [0.25, 0.3) is 17.6 Å². The molecule has 0 saturated carbocycles. The largest absolute Gasteiger partial charge is 0.507 e. The standard InChI is InChI=1S/C27H28N2O6/c1-4-11-28-20-8-6-5-7-19(20)27(26(28)33)22(24(31)25(32)29(27)12-13-34-3)23(30)17-9-10-21-18(15-17)14-16(2)35-21/h5-10,15-16,30H,4,11-14H2,1-3H3/b23-22+. The van der Waals surface area contributed by atoms with Gasteiger partial charge in [0, 0.05) is 37.7 Å². The molecule has 0 aliphatic carbocycles. The number of nitrogens with zero attached hydrogens (tertiary/aromatic N) is 2. The number of rotatable bonds is 6. The fourth-order valence-electron chi connectivity index (χ4n) is 5.51. The molecule has 0 bridgehead atoms. The van der Waals surface area contributed by atoms with Crippen molar-refractivity contribution in [3.05, 3.63) is 64.7 Å². The van der Waals surface area contributed by atoms with Gasteiger partial charge in [-0.25, -0.2) is 0 Å². The fraction of sp³-hybridized carbons (Fsp3) is 0.370. The zero-order valence-electron chi connectivity index (χ0n) is 20.0. The maximum absolute atomic E-state index is 14.2. The van der Waals surface area contributed by atoms with Crippen LogP contribution in [0.2, 0.25) is 0 Å². The summed E-state index contributed by atoms with van der Waals surface area (Å²) in [7, 11) is 1.49. The number of ketones is 1. The molecule has 3 aliphatic heterocycles. The lowest BCUT2D eigenvalue weighted by atomic mass is 9.81. The van der Waals surface area contributed by atoms with Crippen LogP contribution in [0.15, 0.2) is 48.0 Å². The van der Waals surface area contributed by atoms with Crippen molar-refractivity contribution in [1.82, 2.24) is 4.90 Å². The summed E-state index contributed by atoms with van der Waals surface area (Å²) in [5, 5.41) is 11.6. The number of hydrogen-bond donors (Lipinski definition) is 1. The summed E-state index contributed by atoms with van der Waals surface area (Å²) in [6.45, 7) is 4.48. The second kappa shape index (κ2) is 8.53. The number of methoxy groups -OCH3 is 1. The summed E-state index contributed by atoms with van der Waals surface area (Å²) in [5.74, 6) is -1.78. The third-order valence-electron chi connectivity index (χ3n) is 6.94. The number of para-hydroxylation sites is 1. The molecule has 2 amide bonds. The molecule has 35 heavy (non-hydrogen) atoms. The fourth-order valence-corrected chi connectivity index (χ4v) is 5.51. The highest BCUT2D eigenvalue weighted by atomic mass is 16.5. The van der Waals surface area contributed by atoms with Gasteiger partial charge in [-0.05, 0) is 43.2 Å². The lowest BCUT2D eigenvalue weighted by Gasteiger charge is -2.34. The van der Waals surface area contributed by atoms with Crippen molar-refractivity contribution in [2.45, 2.75) is 38.3 Å². The average molecular weight is 477 g/mol. The second-order valence-corrected chi connectivity index (χ2v) is 9.14. The van der Waals surface area contributed by atoms with Gasteiger partial charge in [0.15, 0.2) is 5.54 Å². The molecule has 2 aromatic rings. The highest BCUT2D eigenvalue weighted by Gasteiger charge is 2.66. The summed E-state index contributed by atoms with van der Waals surface area (Å²) in [6.07, 6.45) is 1.35. The number of hydrogen-bond acceptors (Lipinski definition) is 6. The van der Waals surface area contributed by atoms with Gasteiger partial charge >= 0.3 is 0 Å². The topological polar surface area (TPSA) is 96.4 Å². The van der Waals surface area contributed by atoms with Crippen LogP contribution in [0.25, 0.3) is 5.76 Å². The van der Waals surface area contributed by atoms with Crippen molar-refractivity contribution in [3.63, 3.8) is 0 Å². The molecular weight excluding hydrogens is 448 g/mol. The van der Waals surface area contributed by atoms with E-state index in [0.717, 1.165) is 11.3 Å². The van der Waals surface area contributed by atoms with Gasteiger partial charge in [0.05, 0.1) is 17.9 Å². The molecule has 1 N–H and O–H groups in total. The van der Waals surface area contributed by atoms with Crippen molar-refractivity contribution in [3.8, 4) is 5.75 Å². The molecule has 1 fully saturated rings. The highest BCUT2D eigenvalue weighted by Crippen LogP contribution is 2.53. The van der Waals surface area contributed by atoms with E-state index < -0.39 is 23.1 Å². The van der Waals surface area contributed by atoms with Gasteiger partial charge in [-0.3, -0.25) is 14.4 Å². The van der Waals surface area contributed by atoms with E-state index in [9.17, 15) is 19.5 Å². The minimum absolute atomic E-state index is 0.00602. The molecule has 5 rings (SSSR count). The Kier molecular flexibility index (Phi) is 5.63. The lowest BCUT2D eigenvalue weighted by molar-refractivity contribution is -0.144. The maximum atomic E-state index is 14.2. The van der Waals surface area contributed by atoms with Crippen LogP contribution in [0.1, 0.15) is 37.0 Å². The van der Waals surface area contributed by atoms with Crippen LogP contribution in [0.5, 0.6) is 5.75 Å². The molecule has 182 valence electrons. The van der Waals surface area contributed by atoms with E-state index in [-0.39, 0.29) is 30.6 Å². The van der Waals surface area contributed by atoms with Crippen LogP contribution in [0, 0.1) is 0 Å². The number of benzene rings is 2. The summed E-state index contributed by atoms with van der Waals surface area (Å²) < 4.78 is 11.0. The predicted octanol–water partition coefficient (Wildman–Crippen LogP) is 2.99. The number of aliphatic hydroxyl groups is 1. The number of ether oxygens (including phenoxy) is 2. The summed E-state index contributed by atoms with van der Waals surface area (Å²) >= 11 is 0. The zero-order valence-corrected chi connectivity index (χ0v) is 20.0. The molecule has 0 radical (unpaired) electrons. The van der Waals surface area contributed by atoms with Crippen molar-refractivity contribution >= 4 is 29.0 Å². The van der Waals surface area contributed by atoms with E-state index in [1.165, 1.54) is 12.0 Å². The quantitative estimate of drug-likeness (QED) is 0.391. The van der Waals surface area contributed by atoms with Crippen LogP contribution >= 0.6 is 0 Å². The number of fused-ring (bicyclic) bond motifs is 3. The monoisotopic (exact) mass is 476 g/mol. The minimum Gasteiger partial charge on any atom is -0.507 e. The van der Waals surface area contributed by atoms with Crippen molar-refractivity contribution in [1.29, 1.82) is 0 Å². The summed E-state index contributed by atoms with van der Waals surface area (Å²) in [4.78, 5) is 43.9. The molecule has 0 aromatic heterocycles. The van der Waals surface area contributed by atoms with Crippen molar-refractivity contribution in [2.24, 2.45) is 0 Å². The molecule has 2 unspecified atom stereocenters. The summed E-state index contributed by atoms with van der Waals surface area (Å²) in [6, 6.07) is 12.3. The summed E-state index contributed by atoms with van der Waals surface area (Å²) in [5.41, 5.74) is 0.436. The van der Waals surface area contributed by atoms with Gasteiger partial charge < -0.3 is 24.4 Å². The third kappa shape index (κ3) is 3.20. The number of anilines is 1. The average Bonchev–Trinajstić information content (AvgIpc) is 3.42. The Morgan fingerprint density at radius 1 is 1.17 bits per heavy atom. The number of carbonyl (C=O) groups is 3. The Hall–Kier alpha value is -3.65. The molecule has 1 saturated heterocycles. The molecule has 3 heterocycles. The Bertz CT molecular complexity index is 1270. The Morgan fingerprint density at radius 3 is 2.69 bits per heavy atom. The first-order valence-corrected chi connectivity index (χ1v) is 11.9. The van der Waals surface area contributed by atoms with E-state index in [1.807, 2.05) is 26.0 Å². The van der Waals surface area contributed by atoms with Gasteiger partial charge in [0.1, 0.15) is 17.6 Å². The van der Waals surface area contributed by atoms with Gasteiger partial charge in [-0.15, -0.1) is 0 Å². The molecule has 2 atom stereocenters. The number of aliphatic hydroxyl groups excluding tert-OH is 1. The van der Waals surface area contributed by atoms with Gasteiger partial charge in [-0.1, -0.05) is 25.1 Å². The smallest absolute Gasteiger partial charge is 0.296 e. The third-order valence-corrected chi connectivity index (χ3v) is 6.94. The Morgan fingerprint density at radius 2 is 1.94 bits per heavy atom.